The minimum absolute atomic E-state index is 0.839. The van der Waals surface area contributed by atoms with Crippen molar-refractivity contribution in [1.82, 2.24) is 0 Å². The predicted octanol–water partition coefficient (Wildman–Crippen LogP) is 12.9. The van der Waals surface area contributed by atoms with E-state index in [4.69, 9.17) is 9.98 Å². The first-order chi connectivity index (χ1) is 22.0. The van der Waals surface area contributed by atoms with Crippen molar-refractivity contribution in [2.24, 2.45) is 9.98 Å². The van der Waals surface area contributed by atoms with Crippen LogP contribution in [0.4, 0.5) is 11.4 Å². The predicted molar refractivity (Wildman–Crippen MR) is 199 cm³/mol. The fraction of sp³-hybridized carbons (Fsp3) is 0.395. The first kappa shape index (κ1) is 34.1. The highest BCUT2D eigenvalue weighted by atomic mass is 14.8. The summed E-state index contributed by atoms with van der Waals surface area (Å²) in [4.78, 5) is 10.6. The van der Waals surface area contributed by atoms with Gasteiger partial charge < -0.3 is 0 Å². The van der Waals surface area contributed by atoms with E-state index in [-0.39, 0.29) is 0 Å². The molecule has 0 saturated heterocycles. The van der Waals surface area contributed by atoms with Gasteiger partial charge in [0.05, 0.1) is 22.8 Å². The minimum Gasteiger partial charge on any atom is -0.252 e. The normalized spacial score (nSPS) is 12.1. The molecule has 4 rings (SSSR count). The van der Waals surface area contributed by atoms with Gasteiger partial charge in [-0.05, 0) is 127 Å². The van der Waals surface area contributed by atoms with Gasteiger partial charge in [-0.3, -0.25) is 9.98 Å². The van der Waals surface area contributed by atoms with Gasteiger partial charge in [-0.1, -0.05) is 115 Å². The third-order valence-electron chi connectivity index (χ3n) is 8.87. The topological polar surface area (TPSA) is 24.7 Å². The fourth-order valence-electron chi connectivity index (χ4n) is 6.38. The molecular formula is C43H54N2. The Morgan fingerprint density at radius 1 is 0.533 bits per heavy atom. The number of aryl methyl sites for hydroxylation is 2. The summed E-state index contributed by atoms with van der Waals surface area (Å²) in [7, 11) is 0. The van der Waals surface area contributed by atoms with E-state index >= 15 is 0 Å². The SMILES string of the molecule is CCCCc1cc(N=C(CC)C(C)=Nc2cc(-c3ccccc3)c(CC)c(-c3ccccc3)c2)cc(CCCC)c1CCCC. The number of unbranched alkanes of at least 4 members (excludes halogenated alkanes) is 3. The molecule has 0 fully saturated rings. The van der Waals surface area contributed by atoms with E-state index in [1.807, 2.05) is 0 Å². The van der Waals surface area contributed by atoms with Crippen molar-refractivity contribution < 1.29 is 0 Å². The summed E-state index contributed by atoms with van der Waals surface area (Å²) in [5, 5.41) is 0. The summed E-state index contributed by atoms with van der Waals surface area (Å²) in [6.45, 7) is 13.5. The Morgan fingerprint density at radius 2 is 1.00 bits per heavy atom. The van der Waals surface area contributed by atoms with Gasteiger partial charge in [0.25, 0.3) is 0 Å². The monoisotopic (exact) mass is 598 g/mol. The molecule has 0 bridgehead atoms. The lowest BCUT2D eigenvalue weighted by atomic mass is 9.89. The lowest BCUT2D eigenvalue weighted by Crippen LogP contribution is -2.09. The molecule has 45 heavy (non-hydrogen) atoms. The molecule has 0 radical (unpaired) electrons. The Hall–Kier alpha value is -3.78. The first-order valence-electron chi connectivity index (χ1n) is 17.6. The first-order valence-corrected chi connectivity index (χ1v) is 17.6. The lowest BCUT2D eigenvalue weighted by molar-refractivity contribution is 0.735. The van der Waals surface area contributed by atoms with Gasteiger partial charge in [0, 0.05) is 0 Å². The molecule has 4 aromatic carbocycles. The van der Waals surface area contributed by atoms with E-state index in [1.54, 1.807) is 5.56 Å². The van der Waals surface area contributed by atoms with Crippen molar-refractivity contribution in [3.8, 4) is 22.3 Å². The van der Waals surface area contributed by atoms with Crippen molar-refractivity contribution in [1.29, 1.82) is 0 Å². The van der Waals surface area contributed by atoms with Crippen molar-refractivity contribution in [2.45, 2.75) is 112 Å². The van der Waals surface area contributed by atoms with Crippen LogP contribution in [0.25, 0.3) is 22.3 Å². The zero-order valence-corrected chi connectivity index (χ0v) is 28.8. The van der Waals surface area contributed by atoms with Crippen LogP contribution in [0.2, 0.25) is 0 Å². The minimum atomic E-state index is 0.839. The van der Waals surface area contributed by atoms with Crippen molar-refractivity contribution in [3.05, 3.63) is 107 Å². The summed E-state index contributed by atoms with van der Waals surface area (Å²) < 4.78 is 0. The van der Waals surface area contributed by atoms with Gasteiger partial charge >= 0.3 is 0 Å². The molecule has 0 amide bonds. The van der Waals surface area contributed by atoms with Crippen LogP contribution < -0.4 is 0 Å². The molecule has 0 saturated carbocycles. The van der Waals surface area contributed by atoms with Gasteiger partial charge in [0.1, 0.15) is 0 Å². The summed E-state index contributed by atoms with van der Waals surface area (Å²) in [6, 6.07) is 30.8. The van der Waals surface area contributed by atoms with Crippen LogP contribution in [0.1, 0.15) is 109 Å². The number of hydrogen-bond donors (Lipinski definition) is 0. The molecule has 0 aliphatic carbocycles. The highest BCUT2D eigenvalue weighted by molar-refractivity contribution is 6.42. The quantitative estimate of drug-likeness (QED) is 0.115. The molecule has 0 aliphatic heterocycles. The van der Waals surface area contributed by atoms with Gasteiger partial charge in [0.2, 0.25) is 0 Å². The smallest absolute Gasteiger partial charge is 0.0646 e. The Kier molecular flexibility index (Phi) is 13.4. The van der Waals surface area contributed by atoms with Crippen molar-refractivity contribution >= 4 is 22.8 Å². The van der Waals surface area contributed by atoms with Crippen LogP contribution in [-0.2, 0) is 25.7 Å². The molecule has 2 nitrogen and oxygen atoms in total. The van der Waals surface area contributed by atoms with E-state index < -0.39 is 0 Å². The zero-order valence-electron chi connectivity index (χ0n) is 28.8. The third-order valence-corrected chi connectivity index (χ3v) is 8.87. The maximum absolute atomic E-state index is 5.31. The highest BCUT2D eigenvalue weighted by Crippen LogP contribution is 2.37. The second kappa shape index (κ2) is 17.6. The number of rotatable bonds is 16. The second-order valence-corrected chi connectivity index (χ2v) is 12.3. The average Bonchev–Trinajstić information content (AvgIpc) is 3.08. The van der Waals surface area contributed by atoms with E-state index in [2.05, 4.69) is 126 Å². The van der Waals surface area contributed by atoms with Gasteiger partial charge in [0.15, 0.2) is 0 Å². The zero-order chi connectivity index (χ0) is 32.0. The van der Waals surface area contributed by atoms with Crippen LogP contribution in [0.5, 0.6) is 0 Å². The molecule has 0 unspecified atom stereocenters. The van der Waals surface area contributed by atoms with Crippen LogP contribution >= 0.6 is 0 Å². The molecular weight excluding hydrogens is 544 g/mol. The van der Waals surface area contributed by atoms with E-state index in [1.165, 1.54) is 83.9 Å². The van der Waals surface area contributed by atoms with Gasteiger partial charge in [-0.25, -0.2) is 0 Å². The summed E-state index contributed by atoms with van der Waals surface area (Å²) >= 11 is 0. The molecule has 4 aromatic rings. The summed E-state index contributed by atoms with van der Waals surface area (Å²) in [5.74, 6) is 0. The van der Waals surface area contributed by atoms with Gasteiger partial charge in [-0.15, -0.1) is 0 Å². The Balaban J connectivity index is 1.82. The number of hydrogen-bond acceptors (Lipinski definition) is 2. The van der Waals surface area contributed by atoms with E-state index in [0.29, 0.717) is 0 Å². The number of aliphatic imine (C=N–C) groups is 2. The van der Waals surface area contributed by atoms with Crippen LogP contribution in [0.3, 0.4) is 0 Å². The average molecular weight is 599 g/mol. The van der Waals surface area contributed by atoms with Crippen LogP contribution in [-0.4, -0.2) is 11.4 Å². The van der Waals surface area contributed by atoms with Crippen molar-refractivity contribution in [3.63, 3.8) is 0 Å². The molecule has 0 aliphatic rings. The molecule has 0 aromatic heterocycles. The highest BCUT2D eigenvalue weighted by Gasteiger charge is 2.15. The fourth-order valence-corrected chi connectivity index (χ4v) is 6.38. The number of nitrogens with zero attached hydrogens (tertiary/aromatic N) is 2. The Morgan fingerprint density at radius 3 is 1.44 bits per heavy atom. The van der Waals surface area contributed by atoms with Crippen molar-refractivity contribution in [2.75, 3.05) is 0 Å². The molecule has 0 heterocycles. The number of benzene rings is 4. The molecule has 0 atom stereocenters. The molecule has 236 valence electrons. The largest absolute Gasteiger partial charge is 0.252 e. The molecule has 2 heteroatoms. The van der Waals surface area contributed by atoms with E-state index in [9.17, 15) is 0 Å². The van der Waals surface area contributed by atoms with Crippen LogP contribution in [0, 0.1) is 0 Å². The van der Waals surface area contributed by atoms with Crippen LogP contribution in [0.15, 0.2) is 94.9 Å². The maximum Gasteiger partial charge on any atom is 0.0646 e. The Bertz CT molecular complexity index is 1470. The second-order valence-electron chi connectivity index (χ2n) is 12.3. The van der Waals surface area contributed by atoms with Gasteiger partial charge in [-0.2, -0.15) is 0 Å². The van der Waals surface area contributed by atoms with E-state index in [0.717, 1.165) is 48.5 Å². The Labute approximate surface area is 273 Å². The maximum atomic E-state index is 5.31. The lowest BCUT2D eigenvalue weighted by Gasteiger charge is -2.17. The molecule has 0 spiro atoms. The summed E-state index contributed by atoms with van der Waals surface area (Å²) in [6.07, 6.45) is 12.6. The summed E-state index contributed by atoms with van der Waals surface area (Å²) in [5.41, 5.74) is 15.1. The standard InChI is InChI=1S/C43H54N2/c1-7-12-21-35-28-37(29-36(22-13-8-2)40(35)27-14-9-3)45-43(11-5)32(6)44-38-30-41(33-23-17-15-18-24-33)39(10-4)42(31-38)34-25-19-16-20-26-34/h15-20,23-26,28-31H,7-14,21-22,27H2,1-6H3. The molecule has 0 N–H and O–H groups in total. The third kappa shape index (κ3) is 9.13.